The lowest BCUT2D eigenvalue weighted by Crippen LogP contribution is -2.02. The fourth-order valence-corrected chi connectivity index (χ4v) is 1.84. The van der Waals surface area contributed by atoms with Gasteiger partial charge in [0.15, 0.2) is 0 Å². The Morgan fingerprint density at radius 3 is 2.57 bits per heavy atom. The van der Waals surface area contributed by atoms with E-state index in [0.717, 1.165) is 11.3 Å². The van der Waals surface area contributed by atoms with Crippen LogP contribution in [-0.4, -0.2) is 11.5 Å². The van der Waals surface area contributed by atoms with Crippen LogP contribution in [-0.2, 0) is 6.54 Å². The molecule has 2 aromatic rings. The highest BCUT2D eigenvalue weighted by atomic mass is 16.6. The summed E-state index contributed by atoms with van der Waals surface area (Å²) in [5.74, 6) is 0.768. The molecule has 0 unspecified atom stereocenters. The second-order valence-electron chi connectivity index (χ2n) is 4.37. The molecule has 0 saturated heterocycles. The third kappa shape index (κ3) is 4.07. The molecule has 0 aromatic heterocycles. The molecule has 5 heteroatoms. The van der Waals surface area contributed by atoms with E-state index >= 15 is 0 Å². The average molecular weight is 284 g/mol. The maximum Gasteiger partial charge on any atom is 0.292 e. The van der Waals surface area contributed by atoms with Crippen LogP contribution in [0.3, 0.4) is 0 Å². The van der Waals surface area contributed by atoms with Gasteiger partial charge in [0, 0.05) is 12.6 Å². The van der Waals surface area contributed by atoms with E-state index in [0.29, 0.717) is 18.8 Å². The third-order valence-corrected chi connectivity index (χ3v) is 2.87. The van der Waals surface area contributed by atoms with E-state index in [1.165, 1.54) is 6.07 Å². The van der Waals surface area contributed by atoms with E-state index < -0.39 is 4.92 Å². The monoisotopic (exact) mass is 284 g/mol. The normalized spacial score (nSPS) is 9.90. The zero-order chi connectivity index (χ0) is 15.1. The summed E-state index contributed by atoms with van der Waals surface area (Å²) in [5.41, 5.74) is 1.59. The van der Waals surface area contributed by atoms with Crippen molar-refractivity contribution in [1.82, 2.24) is 0 Å². The largest absolute Gasteiger partial charge is 0.490 e. The Hall–Kier alpha value is -2.82. The van der Waals surface area contributed by atoms with Crippen molar-refractivity contribution in [2.45, 2.75) is 6.54 Å². The second-order valence-corrected chi connectivity index (χ2v) is 4.37. The van der Waals surface area contributed by atoms with Crippen molar-refractivity contribution in [2.75, 3.05) is 11.9 Å². The lowest BCUT2D eigenvalue weighted by atomic mass is 10.2. The van der Waals surface area contributed by atoms with Gasteiger partial charge in [-0.15, -0.1) is 0 Å². The van der Waals surface area contributed by atoms with Crippen LogP contribution >= 0.6 is 0 Å². The Bertz CT molecular complexity index is 624. The second kappa shape index (κ2) is 7.09. The van der Waals surface area contributed by atoms with E-state index in [2.05, 4.69) is 11.9 Å². The number of hydrogen-bond donors (Lipinski definition) is 1. The van der Waals surface area contributed by atoms with Gasteiger partial charge in [-0.1, -0.05) is 36.9 Å². The number of nitro benzene ring substituents is 1. The summed E-state index contributed by atoms with van der Waals surface area (Å²) in [6, 6.07) is 14.1. The smallest absolute Gasteiger partial charge is 0.292 e. The summed E-state index contributed by atoms with van der Waals surface area (Å²) < 4.78 is 5.40. The zero-order valence-corrected chi connectivity index (χ0v) is 11.5. The Morgan fingerprint density at radius 1 is 1.19 bits per heavy atom. The Morgan fingerprint density at radius 2 is 1.90 bits per heavy atom. The molecule has 0 spiro atoms. The van der Waals surface area contributed by atoms with E-state index in [4.69, 9.17) is 4.74 Å². The highest BCUT2D eigenvalue weighted by Crippen LogP contribution is 2.24. The van der Waals surface area contributed by atoms with Gasteiger partial charge in [0.05, 0.1) is 4.92 Å². The molecule has 0 heterocycles. The minimum atomic E-state index is -0.394. The van der Waals surface area contributed by atoms with Crippen molar-refractivity contribution in [3.63, 3.8) is 0 Å². The summed E-state index contributed by atoms with van der Waals surface area (Å²) in [5, 5.41) is 14.0. The number of rotatable bonds is 7. The molecular weight excluding hydrogens is 268 g/mol. The van der Waals surface area contributed by atoms with Crippen molar-refractivity contribution in [3.8, 4) is 5.75 Å². The number of para-hydroxylation sites is 2. The van der Waals surface area contributed by atoms with Gasteiger partial charge in [0.25, 0.3) is 5.69 Å². The van der Waals surface area contributed by atoms with Gasteiger partial charge in [-0.2, -0.15) is 0 Å². The molecule has 0 amide bonds. The fraction of sp³-hybridized carbons (Fsp3) is 0.125. The van der Waals surface area contributed by atoms with E-state index in [1.807, 2.05) is 24.3 Å². The van der Waals surface area contributed by atoms with Gasteiger partial charge < -0.3 is 10.1 Å². The molecule has 2 aromatic carbocycles. The lowest BCUT2D eigenvalue weighted by Gasteiger charge is -2.08. The molecule has 0 radical (unpaired) electrons. The molecule has 0 aliphatic rings. The molecular formula is C16H16N2O3. The van der Waals surface area contributed by atoms with Gasteiger partial charge in [-0.25, -0.2) is 0 Å². The number of nitro groups is 1. The first kappa shape index (κ1) is 14.6. The number of anilines is 1. The number of hydrogen-bond acceptors (Lipinski definition) is 4. The van der Waals surface area contributed by atoms with Crippen LogP contribution in [0.5, 0.6) is 5.75 Å². The first-order valence-corrected chi connectivity index (χ1v) is 6.50. The lowest BCUT2D eigenvalue weighted by molar-refractivity contribution is -0.384. The van der Waals surface area contributed by atoms with Crippen LogP contribution in [0, 0.1) is 10.1 Å². The average Bonchev–Trinajstić information content (AvgIpc) is 2.52. The summed E-state index contributed by atoms with van der Waals surface area (Å²) in [6.07, 6.45) is 1.68. The van der Waals surface area contributed by atoms with Crippen LogP contribution in [0.25, 0.3) is 0 Å². The van der Waals surface area contributed by atoms with E-state index in [1.54, 1.807) is 24.3 Å². The molecule has 0 saturated carbocycles. The Labute approximate surface area is 123 Å². The predicted molar refractivity (Wildman–Crippen MR) is 82.6 cm³/mol. The first-order valence-electron chi connectivity index (χ1n) is 6.50. The summed E-state index contributed by atoms with van der Waals surface area (Å²) in [6.45, 7) is 4.56. The third-order valence-electron chi connectivity index (χ3n) is 2.87. The molecule has 108 valence electrons. The van der Waals surface area contributed by atoms with Gasteiger partial charge in [0.2, 0.25) is 0 Å². The van der Waals surface area contributed by atoms with Crippen molar-refractivity contribution in [2.24, 2.45) is 0 Å². The molecule has 21 heavy (non-hydrogen) atoms. The topological polar surface area (TPSA) is 64.4 Å². The van der Waals surface area contributed by atoms with Crippen LogP contribution < -0.4 is 10.1 Å². The number of benzene rings is 2. The molecule has 5 nitrogen and oxygen atoms in total. The van der Waals surface area contributed by atoms with Gasteiger partial charge in [-0.05, 0) is 23.8 Å². The van der Waals surface area contributed by atoms with Gasteiger partial charge in [-0.3, -0.25) is 10.1 Å². The number of nitrogens with zero attached hydrogens (tertiary/aromatic N) is 1. The summed E-state index contributed by atoms with van der Waals surface area (Å²) >= 11 is 0. The standard InChI is InChI=1S/C16H16N2O3/c1-2-11-21-14-9-7-13(8-10-14)12-17-15-5-3-4-6-16(15)18(19)20/h2-10,17H,1,11-12H2. The maximum absolute atomic E-state index is 10.9. The van der Waals surface area contributed by atoms with Crippen molar-refractivity contribution < 1.29 is 9.66 Å². The molecule has 0 aliphatic carbocycles. The van der Waals surface area contributed by atoms with Gasteiger partial charge in [0.1, 0.15) is 18.0 Å². The molecule has 0 aliphatic heterocycles. The molecule has 2 rings (SSSR count). The number of nitrogens with one attached hydrogen (secondary N) is 1. The predicted octanol–water partition coefficient (Wildman–Crippen LogP) is 3.77. The zero-order valence-electron chi connectivity index (χ0n) is 11.5. The maximum atomic E-state index is 10.9. The quantitative estimate of drug-likeness (QED) is 0.477. The first-order chi connectivity index (χ1) is 10.2. The van der Waals surface area contributed by atoms with Crippen LogP contribution in [0.15, 0.2) is 61.2 Å². The summed E-state index contributed by atoms with van der Waals surface area (Å²) in [4.78, 5) is 10.5. The van der Waals surface area contributed by atoms with Gasteiger partial charge >= 0.3 is 0 Å². The Kier molecular flexibility index (Phi) is 4.93. The molecule has 0 bridgehead atoms. The van der Waals surface area contributed by atoms with E-state index in [-0.39, 0.29) is 5.69 Å². The van der Waals surface area contributed by atoms with Crippen LogP contribution in [0.4, 0.5) is 11.4 Å². The Balaban J connectivity index is 2.00. The summed E-state index contributed by atoms with van der Waals surface area (Å²) in [7, 11) is 0. The molecule has 0 fully saturated rings. The van der Waals surface area contributed by atoms with Crippen LogP contribution in [0.2, 0.25) is 0 Å². The van der Waals surface area contributed by atoms with Crippen molar-refractivity contribution in [1.29, 1.82) is 0 Å². The van der Waals surface area contributed by atoms with Crippen molar-refractivity contribution in [3.05, 3.63) is 76.9 Å². The molecule has 0 atom stereocenters. The number of ether oxygens (including phenoxy) is 1. The highest BCUT2D eigenvalue weighted by molar-refractivity contribution is 5.61. The van der Waals surface area contributed by atoms with E-state index in [9.17, 15) is 10.1 Å². The van der Waals surface area contributed by atoms with Crippen LogP contribution in [0.1, 0.15) is 5.56 Å². The minimum Gasteiger partial charge on any atom is -0.490 e. The molecule has 1 N–H and O–H groups in total. The highest BCUT2D eigenvalue weighted by Gasteiger charge is 2.11. The SMILES string of the molecule is C=CCOc1ccc(CNc2ccccc2[N+](=O)[O-])cc1. The fourth-order valence-electron chi connectivity index (χ4n) is 1.84. The van der Waals surface area contributed by atoms with Crippen molar-refractivity contribution >= 4 is 11.4 Å². The minimum absolute atomic E-state index is 0.0726.